The monoisotopic (exact) mass is 393 g/mol. The number of hydrogen-bond donors (Lipinski definition) is 3. The molecule has 0 radical (unpaired) electrons. The van der Waals surface area contributed by atoms with Crippen molar-refractivity contribution in [3.05, 3.63) is 30.9 Å². The van der Waals surface area contributed by atoms with Gasteiger partial charge in [-0.25, -0.2) is 0 Å². The summed E-state index contributed by atoms with van der Waals surface area (Å²) in [7, 11) is 1.61. The molecule has 0 spiro atoms. The molecule has 9 nitrogen and oxygen atoms in total. The van der Waals surface area contributed by atoms with Gasteiger partial charge in [0.2, 0.25) is 11.8 Å². The van der Waals surface area contributed by atoms with Crippen LogP contribution in [0.2, 0.25) is 0 Å². The lowest BCUT2D eigenvalue weighted by Crippen LogP contribution is -2.36. The van der Waals surface area contributed by atoms with E-state index in [0.717, 1.165) is 47.8 Å². The van der Waals surface area contributed by atoms with Gasteiger partial charge in [0, 0.05) is 29.6 Å². The summed E-state index contributed by atoms with van der Waals surface area (Å²) in [6.45, 7) is 1.90. The lowest BCUT2D eigenvalue weighted by atomic mass is 9.84. The number of nitrogens with zero attached hydrogens (tertiary/aromatic N) is 5. The summed E-state index contributed by atoms with van der Waals surface area (Å²) >= 11 is 0. The van der Waals surface area contributed by atoms with Crippen LogP contribution in [0.15, 0.2) is 30.9 Å². The molecule has 0 aliphatic heterocycles. The van der Waals surface area contributed by atoms with Crippen LogP contribution >= 0.6 is 0 Å². The van der Waals surface area contributed by atoms with Crippen molar-refractivity contribution in [2.45, 2.75) is 44.2 Å². The fourth-order valence-electron chi connectivity index (χ4n) is 3.99. The van der Waals surface area contributed by atoms with Crippen LogP contribution in [0.5, 0.6) is 5.88 Å². The van der Waals surface area contributed by atoms with Gasteiger partial charge in [-0.15, -0.1) is 10.2 Å². The number of aromatic nitrogens is 6. The van der Waals surface area contributed by atoms with Gasteiger partial charge >= 0.3 is 0 Å². The Balaban J connectivity index is 1.49. The van der Waals surface area contributed by atoms with Crippen molar-refractivity contribution in [3.63, 3.8) is 0 Å². The fourth-order valence-corrected chi connectivity index (χ4v) is 3.99. The molecule has 4 aromatic rings. The number of anilines is 1. The Hall–Kier alpha value is -3.20. The number of aromatic amines is 1. The van der Waals surface area contributed by atoms with Crippen LogP contribution in [-0.2, 0) is 0 Å². The second kappa shape index (κ2) is 6.70. The highest BCUT2D eigenvalue weighted by Gasteiger charge is 2.29. The molecule has 0 aromatic carbocycles. The van der Waals surface area contributed by atoms with E-state index in [2.05, 4.69) is 30.5 Å². The van der Waals surface area contributed by atoms with Crippen LogP contribution in [0.4, 0.5) is 5.95 Å². The molecule has 3 N–H and O–H groups in total. The molecular formula is C20H23N7O2. The third-order valence-electron chi connectivity index (χ3n) is 5.69. The number of rotatable bonds is 4. The Morgan fingerprint density at radius 2 is 2.10 bits per heavy atom. The summed E-state index contributed by atoms with van der Waals surface area (Å²) in [4.78, 5) is 12.5. The first-order chi connectivity index (χ1) is 14.0. The smallest absolute Gasteiger partial charge is 0.228 e. The van der Waals surface area contributed by atoms with Crippen LogP contribution in [0.1, 0.15) is 32.6 Å². The number of fused-ring (bicyclic) bond motifs is 2. The highest BCUT2D eigenvalue weighted by atomic mass is 16.5. The molecule has 0 amide bonds. The number of pyridine rings is 1. The highest BCUT2D eigenvalue weighted by molar-refractivity contribution is 5.97. The first-order valence-electron chi connectivity index (χ1n) is 9.74. The Labute approximate surface area is 167 Å². The molecule has 1 fully saturated rings. The van der Waals surface area contributed by atoms with E-state index in [1.165, 1.54) is 0 Å². The molecule has 4 aromatic heterocycles. The molecule has 0 bridgehead atoms. The topological polar surface area (TPSA) is 113 Å². The van der Waals surface area contributed by atoms with Gasteiger partial charge in [-0.05, 0) is 44.7 Å². The van der Waals surface area contributed by atoms with Gasteiger partial charge in [0.25, 0.3) is 0 Å². The van der Waals surface area contributed by atoms with E-state index in [0.29, 0.717) is 17.5 Å². The summed E-state index contributed by atoms with van der Waals surface area (Å²) in [6, 6.07) is 4.15. The molecular weight excluding hydrogens is 370 g/mol. The van der Waals surface area contributed by atoms with Crippen molar-refractivity contribution in [1.29, 1.82) is 0 Å². The summed E-state index contributed by atoms with van der Waals surface area (Å²) in [5.74, 6) is 1.05. The normalized spacial score (nSPS) is 22.2. The van der Waals surface area contributed by atoms with Gasteiger partial charge < -0.3 is 20.1 Å². The Morgan fingerprint density at radius 1 is 1.28 bits per heavy atom. The summed E-state index contributed by atoms with van der Waals surface area (Å²) in [6.07, 6.45) is 8.85. The Morgan fingerprint density at radius 3 is 2.90 bits per heavy atom. The summed E-state index contributed by atoms with van der Waals surface area (Å²) in [5, 5.41) is 22.4. The molecule has 4 heterocycles. The second-order valence-electron chi connectivity index (χ2n) is 7.91. The SMILES string of the molecule is COc1nc(N[C@H]2CC[C@](C)(O)CC2)nc2[nH]cc(-c3ccc4nncn4c3)c12. The van der Waals surface area contributed by atoms with Gasteiger partial charge in [-0.3, -0.25) is 4.40 Å². The standard InChI is InChI=1S/C20H23N7O2/c1-20(28)7-5-13(6-8-20)23-19-24-17-16(18(25-19)29-2)14(9-21-17)12-3-4-15-26-22-11-27(15)10-12/h3-4,9-11,13,28H,5-8H2,1-2H3,(H2,21,23,24,25)/t13-,20-. The van der Waals surface area contributed by atoms with Gasteiger partial charge in [-0.1, -0.05) is 0 Å². The number of H-pyrrole nitrogens is 1. The lowest BCUT2D eigenvalue weighted by Gasteiger charge is -2.33. The third kappa shape index (κ3) is 3.27. The van der Waals surface area contributed by atoms with Gasteiger partial charge in [-0.2, -0.15) is 9.97 Å². The zero-order chi connectivity index (χ0) is 20.0. The average Bonchev–Trinajstić information content (AvgIpc) is 3.35. The number of hydrogen-bond acceptors (Lipinski definition) is 7. The lowest BCUT2D eigenvalue weighted by molar-refractivity contribution is 0.0195. The van der Waals surface area contributed by atoms with Crippen LogP contribution < -0.4 is 10.1 Å². The maximum Gasteiger partial charge on any atom is 0.228 e. The molecule has 0 atom stereocenters. The van der Waals surface area contributed by atoms with Crippen molar-refractivity contribution < 1.29 is 9.84 Å². The van der Waals surface area contributed by atoms with E-state index in [4.69, 9.17) is 4.74 Å². The minimum absolute atomic E-state index is 0.239. The first kappa shape index (κ1) is 17.9. The molecule has 29 heavy (non-hydrogen) atoms. The second-order valence-corrected chi connectivity index (χ2v) is 7.91. The number of ether oxygens (including phenoxy) is 1. The molecule has 1 aliphatic rings. The number of nitrogens with one attached hydrogen (secondary N) is 2. The van der Waals surface area contributed by atoms with E-state index >= 15 is 0 Å². The average molecular weight is 393 g/mol. The van der Waals surface area contributed by atoms with Crippen LogP contribution in [0.25, 0.3) is 27.8 Å². The first-order valence-corrected chi connectivity index (χ1v) is 9.74. The van der Waals surface area contributed by atoms with Crippen molar-refractivity contribution >= 4 is 22.6 Å². The van der Waals surface area contributed by atoms with E-state index in [9.17, 15) is 5.11 Å². The van der Waals surface area contributed by atoms with Crippen LogP contribution in [-0.4, -0.2) is 53.4 Å². The fraction of sp³-hybridized carbons (Fsp3) is 0.400. The quantitative estimate of drug-likeness (QED) is 0.488. The minimum Gasteiger partial charge on any atom is -0.480 e. The van der Waals surface area contributed by atoms with Gasteiger partial charge in [0.15, 0.2) is 5.65 Å². The van der Waals surface area contributed by atoms with Crippen molar-refractivity contribution in [2.24, 2.45) is 0 Å². The number of methoxy groups -OCH3 is 1. The molecule has 0 saturated heterocycles. The summed E-state index contributed by atoms with van der Waals surface area (Å²) in [5.41, 5.74) is 2.87. The molecule has 1 saturated carbocycles. The molecule has 0 unspecified atom stereocenters. The van der Waals surface area contributed by atoms with Crippen LogP contribution in [0.3, 0.4) is 0 Å². The van der Waals surface area contributed by atoms with Crippen LogP contribution in [0, 0.1) is 0 Å². The highest BCUT2D eigenvalue weighted by Crippen LogP contribution is 2.35. The number of aliphatic hydroxyl groups is 1. The molecule has 1 aliphatic carbocycles. The Bertz CT molecular complexity index is 1170. The predicted octanol–water partition coefficient (Wildman–Crippen LogP) is 2.78. The zero-order valence-corrected chi connectivity index (χ0v) is 16.4. The maximum absolute atomic E-state index is 10.2. The maximum atomic E-state index is 10.2. The third-order valence-corrected chi connectivity index (χ3v) is 5.69. The minimum atomic E-state index is -0.569. The summed E-state index contributed by atoms with van der Waals surface area (Å²) < 4.78 is 7.47. The van der Waals surface area contributed by atoms with E-state index in [1.54, 1.807) is 13.4 Å². The van der Waals surface area contributed by atoms with Gasteiger partial charge in [0.05, 0.1) is 18.1 Å². The van der Waals surface area contributed by atoms with Crippen molar-refractivity contribution in [1.82, 2.24) is 29.5 Å². The Kier molecular flexibility index (Phi) is 4.13. The van der Waals surface area contributed by atoms with Crippen molar-refractivity contribution in [2.75, 3.05) is 12.4 Å². The predicted molar refractivity (Wildman–Crippen MR) is 109 cm³/mol. The van der Waals surface area contributed by atoms with Crippen molar-refractivity contribution in [3.8, 4) is 17.0 Å². The molecule has 5 rings (SSSR count). The van der Waals surface area contributed by atoms with E-state index in [-0.39, 0.29) is 6.04 Å². The van der Waals surface area contributed by atoms with E-state index in [1.807, 2.05) is 35.9 Å². The molecule has 9 heteroatoms. The largest absolute Gasteiger partial charge is 0.480 e. The molecule has 150 valence electrons. The zero-order valence-electron chi connectivity index (χ0n) is 16.4. The van der Waals surface area contributed by atoms with E-state index < -0.39 is 5.60 Å². The van der Waals surface area contributed by atoms with Gasteiger partial charge in [0.1, 0.15) is 12.0 Å².